The number of carbonyl (C=O) groups excluding carboxylic acids is 2. The van der Waals surface area contributed by atoms with Gasteiger partial charge in [-0.2, -0.15) is 0 Å². The molecule has 130 valence electrons. The van der Waals surface area contributed by atoms with Crippen molar-refractivity contribution in [3.05, 3.63) is 29.8 Å². The van der Waals surface area contributed by atoms with E-state index in [1.54, 1.807) is 24.3 Å². The highest BCUT2D eigenvalue weighted by atomic mass is 35.5. The first kappa shape index (κ1) is 21.3. The van der Waals surface area contributed by atoms with E-state index in [1.165, 1.54) is 6.92 Å². The molecule has 0 aliphatic heterocycles. The Labute approximate surface area is 140 Å². The maximum Gasteiger partial charge on any atom is 0.277 e. The summed E-state index contributed by atoms with van der Waals surface area (Å²) in [5, 5.41) is 2.13. The van der Waals surface area contributed by atoms with Crippen LogP contribution in [-0.4, -0.2) is 37.3 Å². The van der Waals surface area contributed by atoms with Crippen LogP contribution in [0, 0.1) is 0 Å². The molecular formula is C15H21ClF2N2O3. The highest BCUT2D eigenvalue weighted by Crippen LogP contribution is 2.14. The predicted octanol–water partition coefficient (Wildman–Crippen LogP) is 2.18. The lowest BCUT2D eigenvalue weighted by Gasteiger charge is -2.14. The molecule has 1 rings (SSSR count). The molecule has 5 nitrogen and oxygen atoms in total. The molecule has 0 saturated carbocycles. The van der Waals surface area contributed by atoms with E-state index < -0.39 is 24.9 Å². The third kappa shape index (κ3) is 8.47. The number of benzene rings is 1. The number of nitrogens with two attached hydrogens (primary N) is 1. The largest absolute Gasteiger partial charge is 0.494 e. The van der Waals surface area contributed by atoms with Crippen molar-refractivity contribution in [3.8, 4) is 5.75 Å². The lowest BCUT2D eigenvalue weighted by atomic mass is 10.1. The standard InChI is InChI=1S/C15H20F2N2O3.ClH/c1-11(20)12-4-2-5-13(8-12)22-7-3-6-14(21)19-10-15(16,17)9-18;/h2,4-5,8H,3,6-7,9-10,18H2,1H3,(H,19,21);1H. The van der Waals surface area contributed by atoms with Crippen LogP contribution in [0.4, 0.5) is 8.78 Å². The van der Waals surface area contributed by atoms with Crippen molar-refractivity contribution in [1.82, 2.24) is 5.32 Å². The van der Waals surface area contributed by atoms with Crippen molar-refractivity contribution in [1.29, 1.82) is 0 Å². The summed E-state index contributed by atoms with van der Waals surface area (Å²) in [6, 6.07) is 6.70. The fourth-order valence-electron chi connectivity index (χ4n) is 1.62. The van der Waals surface area contributed by atoms with Gasteiger partial charge >= 0.3 is 0 Å². The number of nitrogens with one attached hydrogen (secondary N) is 1. The molecule has 1 amide bonds. The number of ether oxygens (including phenoxy) is 1. The zero-order valence-corrected chi connectivity index (χ0v) is 13.6. The molecule has 0 aromatic heterocycles. The first-order valence-corrected chi connectivity index (χ1v) is 6.92. The first-order valence-electron chi connectivity index (χ1n) is 6.92. The van der Waals surface area contributed by atoms with E-state index in [4.69, 9.17) is 10.5 Å². The Morgan fingerprint density at radius 3 is 2.65 bits per heavy atom. The van der Waals surface area contributed by atoms with Crippen LogP contribution in [-0.2, 0) is 4.79 Å². The molecule has 1 aromatic rings. The van der Waals surface area contributed by atoms with Gasteiger partial charge < -0.3 is 15.8 Å². The summed E-state index contributed by atoms with van der Waals surface area (Å²) in [5.41, 5.74) is 5.41. The second kappa shape index (κ2) is 10.1. The van der Waals surface area contributed by atoms with E-state index in [-0.39, 0.29) is 31.2 Å². The molecular weight excluding hydrogens is 330 g/mol. The summed E-state index contributed by atoms with van der Waals surface area (Å²) in [6.45, 7) is 0.148. The van der Waals surface area contributed by atoms with E-state index >= 15 is 0 Å². The van der Waals surface area contributed by atoms with Crippen LogP contribution in [0.5, 0.6) is 5.75 Å². The van der Waals surface area contributed by atoms with E-state index in [0.29, 0.717) is 17.7 Å². The average molecular weight is 351 g/mol. The van der Waals surface area contributed by atoms with Crippen LogP contribution in [0.15, 0.2) is 24.3 Å². The minimum Gasteiger partial charge on any atom is -0.494 e. The Kier molecular flexibility index (Phi) is 9.36. The van der Waals surface area contributed by atoms with Crippen molar-refractivity contribution in [2.75, 3.05) is 19.7 Å². The summed E-state index contributed by atoms with van der Waals surface area (Å²) < 4.78 is 31.1. The number of hydrogen-bond donors (Lipinski definition) is 2. The van der Waals surface area contributed by atoms with Crippen LogP contribution in [0.25, 0.3) is 0 Å². The molecule has 0 spiro atoms. The number of rotatable bonds is 9. The number of hydrogen-bond acceptors (Lipinski definition) is 4. The van der Waals surface area contributed by atoms with Gasteiger partial charge in [0.15, 0.2) is 5.78 Å². The quantitative estimate of drug-likeness (QED) is 0.528. The molecule has 0 radical (unpaired) electrons. The van der Waals surface area contributed by atoms with E-state index in [1.807, 2.05) is 0 Å². The molecule has 3 N–H and O–H groups in total. The minimum absolute atomic E-state index is 0. The van der Waals surface area contributed by atoms with Crippen molar-refractivity contribution >= 4 is 24.1 Å². The number of halogens is 3. The molecule has 0 bridgehead atoms. The average Bonchev–Trinajstić information content (AvgIpc) is 2.50. The Hall–Kier alpha value is -1.73. The summed E-state index contributed by atoms with van der Waals surface area (Å²) in [6.07, 6.45) is 0.456. The Balaban J connectivity index is 0.00000484. The minimum atomic E-state index is -3.08. The summed E-state index contributed by atoms with van der Waals surface area (Å²) in [4.78, 5) is 22.6. The van der Waals surface area contributed by atoms with Crippen LogP contribution >= 0.6 is 12.4 Å². The maximum absolute atomic E-state index is 12.8. The van der Waals surface area contributed by atoms with Crippen molar-refractivity contribution in [2.45, 2.75) is 25.7 Å². The molecule has 0 aliphatic carbocycles. The van der Waals surface area contributed by atoms with Crippen molar-refractivity contribution < 1.29 is 23.1 Å². The van der Waals surface area contributed by atoms with Gasteiger partial charge in [0.05, 0.1) is 19.7 Å². The van der Waals surface area contributed by atoms with Gasteiger partial charge in [-0.3, -0.25) is 9.59 Å². The van der Waals surface area contributed by atoms with Gasteiger partial charge in [-0.1, -0.05) is 12.1 Å². The second-order valence-corrected chi connectivity index (χ2v) is 4.87. The summed E-state index contributed by atoms with van der Waals surface area (Å²) in [5.74, 6) is -3.10. The number of carbonyl (C=O) groups is 2. The van der Waals surface area contributed by atoms with E-state index in [0.717, 1.165) is 0 Å². The van der Waals surface area contributed by atoms with Crippen LogP contribution < -0.4 is 15.8 Å². The monoisotopic (exact) mass is 350 g/mol. The first-order chi connectivity index (χ1) is 10.3. The Morgan fingerprint density at radius 1 is 1.35 bits per heavy atom. The third-order valence-electron chi connectivity index (χ3n) is 2.90. The summed E-state index contributed by atoms with van der Waals surface area (Å²) >= 11 is 0. The second-order valence-electron chi connectivity index (χ2n) is 4.87. The Bertz CT molecular complexity index is 527. The van der Waals surface area contributed by atoms with Gasteiger partial charge in [0.2, 0.25) is 5.91 Å². The Morgan fingerprint density at radius 2 is 2.04 bits per heavy atom. The van der Waals surface area contributed by atoms with Crippen LogP contribution in [0.3, 0.4) is 0 Å². The maximum atomic E-state index is 12.8. The van der Waals surface area contributed by atoms with Gasteiger partial charge in [-0.25, -0.2) is 8.78 Å². The SMILES string of the molecule is CC(=O)c1cccc(OCCCC(=O)NCC(F)(F)CN)c1.Cl. The van der Waals surface area contributed by atoms with Gasteiger partial charge in [0.1, 0.15) is 5.75 Å². The predicted molar refractivity (Wildman–Crippen MR) is 85.4 cm³/mol. The zero-order valence-electron chi connectivity index (χ0n) is 12.8. The van der Waals surface area contributed by atoms with Crippen LogP contribution in [0.2, 0.25) is 0 Å². The topological polar surface area (TPSA) is 81.4 Å². The smallest absolute Gasteiger partial charge is 0.277 e. The zero-order chi connectivity index (χ0) is 16.6. The van der Waals surface area contributed by atoms with Crippen molar-refractivity contribution in [2.24, 2.45) is 5.73 Å². The van der Waals surface area contributed by atoms with E-state index in [2.05, 4.69) is 5.32 Å². The highest BCUT2D eigenvalue weighted by molar-refractivity contribution is 5.94. The van der Waals surface area contributed by atoms with Gasteiger partial charge in [0.25, 0.3) is 5.92 Å². The fourth-order valence-corrected chi connectivity index (χ4v) is 1.62. The van der Waals surface area contributed by atoms with Gasteiger partial charge in [-0.15, -0.1) is 12.4 Å². The molecule has 8 heteroatoms. The molecule has 23 heavy (non-hydrogen) atoms. The lowest BCUT2D eigenvalue weighted by molar-refractivity contribution is -0.123. The van der Waals surface area contributed by atoms with Crippen molar-refractivity contribution in [3.63, 3.8) is 0 Å². The normalized spacial score (nSPS) is 10.6. The molecule has 1 aromatic carbocycles. The molecule has 0 fully saturated rings. The number of ketones is 1. The molecule has 0 atom stereocenters. The van der Waals surface area contributed by atoms with Crippen LogP contribution in [0.1, 0.15) is 30.1 Å². The number of alkyl halides is 2. The molecule has 0 aliphatic rings. The molecule has 0 unspecified atom stereocenters. The molecule has 0 heterocycles. The molecule has 0 saturated heterocycles. The number of Topliss-reactive ketones (excluding diaryl/α,β-unsaturated/α-hetero) is 1. The number of amides is 1. The van der Waals surface area contributed by atoms with Gasteiger partial charge in [0, 0.05) is 12.0 Å². The third-order valence-corrected chi connectivity index (χ3v) is 2.90. The fraction of sp³-hybridized carbons (Fsp3) is 0.467. The van der Waals surface area contributed by atoms with E-state index in [9.17, 15) is 18.4 Å². The van der Waals surface area contributed by atoms with Gasteiger partial charge in [-0.05, 0) is 25.5 Å². The summed E-state index contributed by atoms with van der Waals surface area (Å²) in [7, 11) is 0. The lowest BCUT2D eigenvalue weighted by Crippen LogP contribution is -2.41. The highest BCUT2D eigenvalue weighted by Gasteiger charge is 2.26.